The zero-order valence-corrected chi connectivity index (χ0v) is 16.2. The summed E-state index contributed by atoms with van der Waals surface area (Å²) in [5.41, 5.74) is 2.12. The molecular weight excluding hydrogens is 387 g/mol. The second-order valence-electron chi connectivity index (χ2n) is 6.76. The minimum atomic E-state index is -3.59. The first kappa shape index (κ1) is 18.9. The molecule has 1 N–H and O–H groups in total. The van der Waals surface area contributed by atoms with E-state index in [9.17, 15) is 12.8 Å². The summed E-state index contributed by atoms with van der Waals surface area (Å²) in [5, 5.41) is 10.9. The van der Waals surface area contributed by atoms with Gasteiger partial charge >= 0.3 is 0 Å². The zero-order valence-electron chi connectivity index (χ0n) is 15.4. The fourth-order valence-electron chi connectivity index (χ4n) is 3.35. The molecule has 0 saturated heterocycles. The van der Waals surface area contributed by atoms with Crippen LogP contribution < -0.4 is 0 Å². The predicted octanol–water partition coefficient (Wildman–Crippen LogP) is 4.86. The van der Waals surface area contributed by atoms with E-state index in [1.165, 1.54) is 18.3 Å². The van der Waals surface area contributed by atoms with Crippen LogP contribution in [0.15, 0.2) is 77.8 Å². The summed E-state index contributed by atoms with van der Waals surface area (Å²) in [6.07, 6.45) is 1.51. The van der Waals surface area contributed by atoms with Gasteiger partial charge < -0.3 is 4.98 Å². The number of hydrogen-bond donors (Lipinski definition) is 1. The highest BCUT2D eigenvalue weighted by molar-refractivity contribution is 7.91. The third-order valence-corrected chi connectivity index (χ3v) is 6.61. The van der Waals surface area contributed by atoms with Crippen molar-refractivity contribution in [2.45, 2.75) is 11.3 Å². The van der Waals surface area contributed by atoms with E-state index in [2.05, 4.69) is 4.98 Å². The minimum Gasteiger partial charge on any atom is -0.360 e. The quantitative estimate of drug-likeness (QED) is 0.516. The Balaban J connectivity index is 1.59. The number of aryl methyl sites for hydroxylation is 1. The van der Waals surface area contributed by atoms with Gasteiger partial charge in [0.2, 0.25) is 0 Å². The number of nitrogens with zero attached hydrogens (tertiary/aromatic N) is 1. The van der Waals surface area contributed by atoms with Crippen LogP contribution >= 0.6 is 0 Å². The molecule has 0 unspecified atom stereocenters. The highest BCUT2D eigenvalue weighted by Gasteiger charge is 2.18. The molecule has 0 atom stereocenters. The molecule has 4 nitrogen and oxygen atoms in total. The molecule has 0 amide bonds. The zero-order chi connectivity index (χ0) is 20.4. The number of rotatable bonds is 5. The van der Waals surface area contributed by atoms with Crippen LogP contribution in [0.1, 0.15) is 11.1 Å². The van der Waals surface area contributed by atoms with Crippen molar-refractivity contribution in [3.63, 3.8) is 0 Å². The number of sulfone groups is 1. The molecule has 0 spiro atoms. The highest BCUT2D eigenvalue weighted by atomic mass is 32.2. The molecule has 4 aromatic rings. The van der Waals surface area contributed by atoms with Gasteiger partial charge in [0, 0.05) is 17.5 Å². The Kier molecular flexibility index (Phi) is 4.91. The summed E-state index contributed by atoms with van der Waals surface area (Å²) in [7, 11) is -3.59. The highest BCUT2D eigenvalue weighted by Crippen LogP contribution is 2.29. The van der Waals surface area contributed by atoms with Gasteiger partial charge in [-0.3, -0.25) is 0 Å². The lowest BCUT2D eigenvalue weighted by molar-refractivity contribution is 0.591. The fourth-order valence-corrected chi connectivity index (χ4v) is 4.61. The number of H-pyrrole nitrogens is 1. The molecule has 144 valence electrons. The van der Waals surface area contributed by atoms with Crippen molar-refractivity contribution >= 4 is 20.6 Å². The van der Waals surface area contributed by atoms with Crippen LogP contribution in [0.25, 0.3) is 22.0 Å². The van der Waals surface area contributed by atoms with Gasteiger partial charge in [-0.25, -0.2) is 12.8 Å². The normalized spacial score (nSPS) is 11.4. The molecule has 0 saturated carbocycles. The number of nitrogens with one attached hydrogen (secondary N) is 1. The van der Waals surface area contributed by atoms with Gasteiger partial charge in [0.25, 0.3) is 0 Å². The SMILES string of the molecule is N#Cc1ccc(CCS(=O)(=O)c2c[nH]c(-c3cccc4ccccc34)c2)c(F)c1. The first-order chi connectivity index (χ1) is 14.0. The number of aromatic amines is 1. The molecular formula is C23H17FN2O2S. The Morgan fingerprint density at radius 1 is 1.00 bits per heavy atom. The third-order valence-electron chi connectivity index (χ3n) is 4.92. The molecule has 0 radical (unpaired) electrons. The number of hydrogen-bond acceptors (Lipinski definition) is 3. The first-order valence-electron chi connectivity index (χ1n) is 9.06. The van der Waals surface area contributed by atoms with Crippen molar-refractivity contribution in [1.82, 2.24) is 4.98 Å². The first-order valence-corrected chi connectivity index (χ1v) is 10.7. The van der Waals surface area contributed by atoms with Crippen molar-refractivity contribution in [2.75, 3.05) is 5.75 Å². The Bertz CT molecular complexity index is 1350. The summed E-state index contributed by atoms with van der Waals surface area (Å²) in [5.74, 6) is -0.785. The van der Waals surface area contributed by atoms with Crippen LogP contribution in [0.2, 0.25) is 0 Å². The average molecular weight is 404 g/mol. The molecule has 4 rings (SSSR count). The Labute approximate surface area is 168 Å². The standard InChI is InChI=1S/C23H17FN2O2S/c24-22-12-16(14-25)8-9-18(22)10-11-29(27,28)19-13-23(26-15-19)21-7-3-5-17-4-1-2-6-20(17)21/h1-9,12-13,15,26H,10-11H2. The Morgan fingerprint density at radius 3 is 2.59 bits per heavy atom. The second-order valence-corrected chi connectivity index (χ2v) is 8.87. The molecule has 0 aliphatic heterocycles. The van der Waals surface area contributed by atoms with E-state index in [-0.39, 0.29) is 28.2 Å². The Hall–Kier alpha value is -3.43. The summed E-state index contributed by atoms with van der Waals surface area (Å²) in [6.45, 7) is 0. The monoisotopic (exact) mass is 404 g/mol. The molecule has 0 bridgehead atoms. The van der Waals surface area contributed by atoms with Gasteiger partial charge in [-0.05, 0) is 41.0 Å². The maximum Gasteiger partial charge on any atom is 0.180 e. The summed E-state index contributed by atoms with van der Waals surface area (Å²) in [4.78, 5) is 3.23. The smallest absolute Gasteiger partial charge is 0.180 e. The van der Waals surface area contributed by atoms with Gasteiger partial charge in [0.15, 0.2) is 9.84 Å². The molecule has 6 heteroatoms. The minimum absolute atomic E-state index is 0.0364. The van der Waals surface area contributed by atoms with Crippen molar-refractivity contribution in [3.05, 3.63) is 89.9 Å². The molecule has 29 heavy (non-hydrogen) atoms. The fraction of sp³-hybridized carbons (Fsp3) is 0.0870. The van der Waals surface area contributed by atoms with E-state index in [0.717, 1.165) is 22.4 Å². The van der Waals surface area contributed by atoms with E-state index in [1.807, 2.05) is 48.5 Å². The molecule has 0 aliphatic rings. The topological polar surface area (TPSA) is 73.7 Å². The lowest BCUT2D eigenvalue weighted by Gasteiger charge is -2.05. The van der Waals surface area contributed by atoms with Gasteiger partial charge in [0.1, 0.15) is 5.82 Å². The van der Waals surface area contributed by atoms with E-state index < -0.39 is 15.7 Å². The molecule has 3 aromatic carbocycles. The lowest BCUT2D eigenvalue weighted by Crippen LogP contribution is -2.09. The van der Waals surface area contributed by atoms with Crippen LogP contribution in [-0.4, -0.2) is 19.2 Å². The summed E-state index contributed by atoms with van der Waals surface area (Å²) >= 11 is 0. The lowest BCUT2D eigenvalue weighted by atomic mass is 10.0. The third kappa shape index (κ3) is 3.78. The molecule has 1 aromatic heterocycles. The van der Waals surface area contributed by atoms with Crippen LogP contribution in [0.4, 0.5) is 4.39 Å². The van der Waals surface area contributed by atoms with E-state index in [4.69, 9.17) is 5.26 Å². The van der Waals surface area contributed by atoms with Gasteiger partial charge in [-0.15, -0.1) is 0 Å². The largest absolute Gasteiger partial charge is 0.360 e. The van der Waals surface area contributed by atoms with E-state index >= 15 is 0 Å². The predicted molar refractivity (Wildman–Crippen MR) is 111 cm³/mol. The maximum atomic E-state index is 14.0. The summed E-state index contributed by atoms with van der Waals surface area (Å²) in [6, 6.07) is 21.3. The van der Waals surface area contributed by atoms with E-state index in [1.54, 1.807) is 6.07 Å². The van der Waals surface area contributed by atoms with Gasteiger partial charge in [0.05, 0.1) is 22.3 Å². The molecule has 0 fully saturated rings. The molecule has 1 heterocycles. The van der Waals surface area contributed by atoms with Crippen molar-refractivity contribution in [3.8, 4) is 17.3 Å². The van der Waals surface area contributed by atoms with Gasteiger partial charge in [-0.1, -0.05) is 48.5 Å². The number of nitriles is 1. The van der Waals surface area contributed by atoms with Crippen molar-refractivity contribution in [1.29, 1.82) is 5.26 Å². The van der Waals surface area contributed by atoms with E-state index in [0.29, 0.717) is 5.69 Å². The number of halogens is 1. The van der Waals surface area contributed by atoms with Gasteiger partial charge in [-0.2, -0.15) is 5.26 Å². The molecule has 0 aliphatic carbocycles. The maximum absolute atomic E-state index is 14.0. The second kappa shape index (κ2) is 7.53. The summed E-state index contributed by atoms with van der Waals surface area (Å²) < 4.78 is 39.5. The average Bonchev–Trinajstić information content (AvgIpc) is 3.23. The number of fused-ring (bicyclic) bond motifs is 1. The van der Waals surface area contributed by atoms with Crippen molar-refractivity contribution in [2.24, 2.45) is 0 Å². The van der Waals surface area contributed by atoms with Crippen LogP contribution in [-0.2, 0) is 16.3 Å². The number of benzene rings is 3. The van der Waals surface area contributed by atoms with Crippen LogP contribution in [0.3, 0.4) is 0 Å². The van der Waals surface area contributed by atoms with Crippen LogP contribution in [0, 0.1) is 17.1 Å². The van der Waals surface area contributed by atoms with Crippen molar-refractivity contribution < 1.29 is 12.8 Å². The van der Waals surface area contributed by atoms with Crippen LogP contribution in [0.5, 0.6) is 0 Å². The Morgan fingerprint density at radius 2 is 1.79 bits per heavy atom. The number of aromatic nitrogens is 1.